The Morgan fingerprint density at radius 1 is 1.27 bits per heavy atom. The number of halogens is 1. The highest BCUT2D eigenvalue weighted by molar-refractivity contribution is 5.97. The fourth-order valence-electron chi connectivity index (χ4n) is 3.32. The van der Waals surface area contributed by atoms with Crippen LogP contribution in [0.4, 0.5) is 9.18 Å². The van der Waals surface area contributed by atoms with E-state index in [4.69, 9.17) is 0 Å². The van der Waals surface area contributed by atoms with E-state index in [0.29, 0.717) is 19.5 Å². The van der Waals surface area contributed by atoms with Crippen LogP contribution >= 0.6 is 0 Å². The number of carbonyl (C=O) groups is 3. The molecule has 0 spiro atoms. The van der Waals surface area contributed by atoms with Gasteiger partial charge in [-0.1, -0.05) is 12.1 Å². The molecule has 1 aromatic rings. The molecule has 0 aliphatic carbocycles. The minimum atomic E-state index is -0.668. The zero-order valence-corrected chi connectivity index (χ0v) is 14.9. The Hall–Kier alpha value is -2.64. The summed E-state index contributed by atoms with van der Waals surface area (Å²) in [5, 5.41) is 5.55. The summed E-state index contributed by atoms with van der Waals surface area (Å²) in [7, 11) is 0. The molecule has 2 fully saturated rings. The van der Waals surface area contributed by atoms with Gasteiger partial charge in [0.05, 0.1) is 6.54 Å². The molecular formula is C18H23FN4O3. The Morgan fingerprint density at radius 2 is 1.96 bits per heavy atom. The maximum absolute atomic E-state index is 13.0. The third kappa shape index (κ3) is 3.79. The summed E-state index contributed by atoms with van der Waals surface area (Å²) in [6.45, 7) is 4.62. The number of fused-ring (bicyclic) bond motifs is 1. The lowest BCUT2D eigenvalue weighted by Crippen LogP contribution is -2.70. The molecule has 7 nitrogen and oxygen atoms in total. The van der Waals surface area contributed by atoms with Crippen molar-refractivity contribution in [1.29, 1.82) is 0 Å². The molecule has 0 radical (unpaired) electrons. The summed E-state index contributed by atoms with van der Waals surface area (Å²) in [4.78, 5) is 40.5. The van der Waals surface area contributed by atoms with Gasteiger partial charge in [0.25, 0.3) is 0 Å². The third-order valence-corrected chi connectivity index (χ3v) is 4.63. The monoisotopic (exact) mass is 362 g/mol. The van der Waals surface area contributed by atoms with Gasteiger partial charge in [-0.2, -0.15) is 0 Å². The molecule has 26 heavy (non-hydrogen) atoms. The highest BCUT2D eigenvalue weighted by Crippen LogP contribution is 2.18. The molecule has 140 valence electrons. The number of carbonyl (C=O) groups excluding carboxylic acids is 3. The number of hydrogen-bond acceptors (Lipinski definition) is 3. The van der Waals surface area contributed by atoms with Crippen molar-refractivity contribution in [2.24, 2.45) is 0 Å². The summed E-state index contributed by atoms with van der Waals surface area (Å²) in [6.07, 6.45) is 0.311. The molecule has 2 saturated heterocycles. The fraction of sp³-hybridized carbons (Fsp3) is 0.500. The number of benzene rings is 1. The number of piperazine rings is 2. The van der Waals surface area contributed by atoms with E-state index in [9.17, 15) is 18.8 Å². The predicted molar refractivity (Wildman–Crippen MR) is 92.8 cm³/mol. The minimum Gasteiger partial charge on any atom is -0.342 e. The zero-order chi connectivity index (χ0) is 18.8. The van der Waals surface area contributed by atoms with Crippen LogP contribution in [0.2, 0.25) is 0 Å². The van der Waals surface area contributed by atoms with Crippen molar-refractivity contribution in [1.82, 2.24) is 20.4 Å². The maximum atomic E-state index is 13.0. The molecule has 0 unspecified atom stereocenters. The van der Waals surface area contributed by atoms with Crippen molar-refractivity contribution < 1.29 is 18.8 Å². The Kier molecular flexibility index (Phi) is 5.11. The van der Waals surface area contributed by atoms with Gasteiger partial charge in [0.15, 0.2) is 0 Å². The van der Waals surface area contributed by atoms with Gasteiger partial charge in [-0.25, -0.2) is 9.18 Å². The Balaban J connectivity index is 1.66. The quantitative estimate of drug-likeness (QED) is 0.821. The summed E-state index contributed by atoms with van der Waals surface area (Å²) in [5.41, 5.74) is 0.776. The van der Waals surface area contributed by atoms with Crippen molar-refractivity contribution in [2.45, 2.75) is 38.4 Å². The Bertz CT molecular complexity index is 707. The lowest BCUT2D eigenvalue weighted by molar-refractivity contribution is -0.152. The molecular weight excluding hydrogens is 339 g/mol. The van der Waals surface area contributed by atoms with E-state index < -0.39 is 12.1 Å². The Labute approximate surface area is 151 Å². The second-order valence-electron chi connectivity index (χ2n) is 6.99. The van der Waals surface area contributed by atoms with Gasteiger partial charge in [-0.05, 0) is 31.5 Å². The van der Waals surface area contributed by atoms with E-state index in [1.165, 1.54) is 12.1 Å². The molecule has 1 aromatic carbocycles. The van der Waals surface area contributed by atoms with Crippen molar-refractivity contribution in [2.75, 3.05) is 19.6 Å². The molecule has 0 bridgehead atoms. The number of hydrogen-bond donors (Lipinski definition) is 2. The second kappa shape index (κ2) is 7.31. The van der Waals surface area contributed by atoms with Crippen molar-refractivity contribution in [3.63, 3.8) is 0 Å². The number of rotatable bonds is 3. The first-order chi connectivity index (χ1) is 12.3. The Morgan fingerprint density at radius 3 is 2.62 bits per heavy atom. The average molecular weight is 362 g/mol. The highest BCUT2D eigenvalue weighted by atomic mass is 19.1. The van der Waals surface area contributed by atoms with Crippen molar-refractivity contribution in [3.8, 4) is 0 Å². The zero-order valence-electron chi connectivity index (χ0n) is 14.9. The van der Waals surface area contributed by atoms with Gasteiger partial charge in [-0.3, -0.25) is 9.59 Å². The molecule has 2 aliphatic rings. The molecule has 4 amide bonds. The number of amides is 4. The van der Waals surface area contributed by atoms with Gasteiger partial charge in [0.1, 0.15) is 17.9 Å². The summed E-state index contributed by atoms with van der Waals surface area (Å²) in [5.74, 6) is -0.773. The van der Waals surface area contributed by atoms with Crippen LogP contribution in [0.25, 0.3) is 0 Å². The van der Waals surface area contributed by atoms with Crippen LogP contribution in [0, 0.1) is 5.82 Å². The van der Waals surface area contributed by atoms with Gasteiger partial charge < -0.3 is 20.4 Å². The fourth-order valence-corrected chi connectivity index (χ4v) is 3.32. The number of nitrogens with zero attached hydrogens (tertiary/aromatic N) is 2. The lowest BCUT2D eigenvalue weighted by atomic mass is 9.98. The van der Waals surface area contributed by atoms with Crippen molar-refractivity contribution >= 4 is 17.8 Å². The minimum absolute atomic E-state index is 0.00225. The SMILES string of the molecule is CC(C)NC(=O)N1CCN2C(=O)[C@H](Cc3ccc(F)cc3)NC(=O)[C@@H]2C1. The lowest BCUT2D eigenvalue weighted by Gasteiger charge is -2.45. The first-order valence-corrected chi connectivity index (χ1v) is 8.76. The van der Waals surface area contributed by atoms with E-state index in [1.807, 2.05) is 13.8 Å². The van der Waals surface area contributed by atoms with Crippen LogP contribution in [0.3, 0.4) is 0 Å². The van der Waals surface area contributed by atoms with Crippen LogP contribution in [0.1, 0.15) is 19.4 Å². The highest BCUT2D eigenvalue weighted by Gasteiger charge is 2.44. The maximum Gasteiger partial charge on any atom is 0.317 e. The first kappa shape index (κ1) is 18.2. The third-order valence-electron chi connectivity index (χ3n) is 4.63. The van der Waals surface area contributed by atoms with E-state index in [0.717, 1.165) is 5.56 Å². The normalized spacial score (nSPS) is 22.9. The van der Waals surface area contributed by atoms with Crippen LogP contribution in [-0.2, 0) is 16.0 Å². The summed E-state index contributed by atoms with van der Waals surface area (Å²) in [6, 6.07) is 4.32. The van der Waals surface area contributed by atoms with Crippen LogP contribution in [0.15, 0.2) is 24.3 Å². The summed E-state index contributed by atoms with van der Waals surface area (Å²) >= 11 is 0. The summed E-state index contributed by atoms with van der Waals surface area (Å²) < 4.78 is 13.0. The van der Waals surface area contributed by atoms with E-state index in [2.05, 4.69) is 10.6 Å². The molecule has 0 aromatic heterocycles. The topological polar surface area (TPSA) is 81.8 Å². The molecule has 0 saturated carbocycles. The largest absolute Gasteiger partial charge is 0.342 e. The average Bonchev–Trinajstić information content (AvgIpc) is 2.60. The van der Waals surface area contributed by atoms with Gasteiger partial charge >= 0.3 is 6.03 Å². The number of nitrogens with one attached hydrogen (secondary N) is 2. The molecule has 2 aliphatic heterocycles. The molecule has 3 rings (SSSR count). The molecule has 2 N–H and O–H groups in total. The first-order valence-electron chi connectivity index (χ1n) is 8.76. The van der Waals surface area contributed by atoms with Gasteiger partial charge in [-0.15, -0.1) is 0 Å². The standard InChI is InChI=1S/C18H23FN4O3/c1-11(2)20-18(26)22-7-8-23-15(10-22)16(24)21-14(17(23)25)9-12-3-5-13(19)6-4-12/h3-6,11,14-15H,7-10H2,1-2H3,(H,20,26)(H,21,24)/t14-,15-/m0/s1. The smallest absolute Gasteiger partial charge is 0.317 e. The van der Waals surface area contributed by atoms with E-state index in [-0.39, 0.29) is 36.2 Å². The van der Waals surface area contributed by atoms with Crippen LogP contribution < -0.4 is 10.6 Å². The molecule has 2 atom stereocenters. The second-order valence-corrected chi connectivity index (χ2v) is 6.99. The predicted octanol–water partition coefficient (Wildman–Crippen LogP) is 0.497. The van der Waals surface area contributed by atoms with E-state index in [1.54, 1.807) is 21.9 Å². The number of urea groups is 1. The van der Waals surface area contributed by atoms with Gasteiger partial charge in [0, 0.05) is 25.6 Å². The van der Waals surface area contributed by atoms with Crippen LogP contribution in [-0.4, -0.2) is 65.4 Å². The molecule has 2 heterocycles. The van der Waals surface area contributed by atoms with E-state index >= 15 is 0 Å². The molecule has 8 heteroatoms. The van der Waals surface area contributed by atoms with Crippen LogP contribution in [0.5, 0.6) is 0 Å². The van der Waals surface area contributed by atoms with Gasteiger partial charge in [0.2, 0.25) is 11.8 Å². The van der Waals surface area contributed by atoms with Crippen molar-refractivity contribution in [3.05, 3.63) is 35.6 Å².